The Morgan fingerprint density at radius 1 is 1.50 bits per heavy atom. The van der Waals surface area contributed by atoms with E-state index in [0.717, 1.165) is 18.6 Å². The SMILES string of the molecule is C=C(O)/C=C\C(=C/C)CCCS. The topological polar surface area (TPSA) is 20.2 Å². The zero-order valence-corrected chi connectivity index (χ0v) is 8.35. The van der Waals surface area contributed by atoms with Gasteiger partial charge >= 0.3 is 0 Å². The Hall–Kier alpha value is -0.630. The molecule has 0 aliphatic heterocycles. The molecule has 0 amide bonds. The summed E-state index contributed by atoms with van der Waals surface area (Å²) in [6, 6.07) is 0. The number of hydrogen-bond acceptors (Lipinski definition) is 2. The van der Waals surface area contributed by atoms with Gasteiger partial charge < -0.3 is 5.11 Å². The maximum Gasteiger partial charge on any atom is 0.108 e. The number of aliphatic hydroxyl groups is 1. The summed E-state index contributed by atoms with van der Waals surface area (Å²) < 4.78 is 0. The van der Waals surface area contributed by atoms with Gasteiger partial charge in [-0.15, -0.1) is 0 Å². The van der Waals surface area contributed by atoms with Crippen molar-refractivity contribution in [3.8, 4) is 0 Å². The molecule has 0 saturated heterocycles. The lowest BCUT2D eigenvalue weighted by Gasteiger charge is -1.98. The minimum atomic E-state index is 0.0974. The lowest BCUT2D eigenvalue weighted by atomic mass is 10.1. The first-order valence-corrected chi connectivity index (χ1v) is 4.66. The highest BCUT2D eigenvalue weighted by Gasteiger charge is 1.90. The normalized spacial score (nSPS) is 12.3. The second kappa shape index (κ2) is 7.04. The predicted molar refractivity (Wildman–Crippen MR) is 57.8 cm³/mol. The first kappa shape index (κ1) is 11.4. The van der Waals surface area contributed by atoms with Crippen molar-refractivity contribution in [1.82, 2.24) is 0 Å². The maximum atomic E-state index is 8.80. The molecule has 0 fully saturated rings. The van der Waals surface area contributed by atoms with Gasteiger partial charge in [-0.05, 0) is 31.6 Å². The summed E-state index contributed by atoms with van der Waals surface area (Å²) >= 11 is 4.12. The molecule has 0 rings (SSSR count). The molecule has 0 aromatic rings. The molecule has 68 valence electrons. The molecule has 0 saturated carbocycles. The van der Waals surface area contributed by atoms with Gasteiger partial charge in [-0.25, -0.2) is 0 Å². The molecule has 0 aromatic heterocycles. The molecule has 1 nitrogen and oxygen atoms in total. The van der Waals surface area contributed by atoms with E-state index in [1.807, 2.05) is 19.1 Å². The Morgan fingerprint density at radius 2 is 2.17 bits per heavy atom. The van der Waals surface area contributed by atoms with Gasteiger partial charge in [0.15, 0.2) is 0 Å². The number of aliphatic hydroxyl groups excluding tert-OH is 1. The first-order chi connectivity index (χ1) is 5.70. The van der Waals surface area contributed by atoms with Crippen molar-refractivity contribution in [2.24, 2.45) is 0 Å². The van der Waals surface area contributed by atoms with Crippen LogP contribution in [0.25, 0.3) is 0 Å². The molecule has 1 N–H and O–H groups in total. The maximum absolute atomic E-state index is 8.80. The van der Waals surface area contributed by atoms with Crippen LogP contribution in [0.3, 0.4) is 0 Å². The largest absolute Gasteiger partial charge is 0.509 e. The smallest absolute Gasteiger partial charge is 0.108 e. The van der Waals surface area contributed by atoms with Crippen LogP contribution in [-0.2, 0) is 0 Å². The van der Waals surface area contributed by atoms with Crippen molar-refractivity contribution in [3.05, 3.63) is 36.1 Å². The molecule has 0 aliphatic rings. The van der Waals surface area contributed by atoms with E-state index in [1.165, 1.54) is 5.57 Å². The zero-order chi connectivity index (χ0) is 9.40. The van der Waals surface area contributed by atoms with Gasteiger partial charge in [0, 0.05) is 0 Å². The van der Waals surface area contributed by atoms with Crippen LogP contribution in [0.1, 0.15) is 19.8 Å². The van der Waals surface area contributed by atoms with Crippen LogP contribution in [0, 0.1) is 0 Å². The van der Waals surface area contributed by atoms with Crippen molar-refractivity contribution in [1.29, 1.82) is 0 Å². The van der Waals surface area contributed by atoms with Crippen molar-refractivity contribution < 1.29 is 5.11 Å². The minimum Gasteiger partial charge on any atom is -0.509 e. The molecule has 0 heterocycles. The highest BCUT2D eigenvalue weighted by Crippen LogP contribution is 2.08. The third-order valence-corrected chi connectivity index (χ3v) is 1.80. The Morgan fingerprint density at radius 3 is 2.58 bits per heavy atom. The van der Waals surface area contributed by atoms with Gasteiger partial charge in [-0.2, -0.15) is 12.6 Å². The number of rotatable bonds is 5. The Labute approximate surface area is 79.9 Å². The third kappa shape index (κ3) is 6.10. The molecule has 0 unspecified atom stereocenters. The molecule has 0 spiro atoms. The van der Waals surface area contributed by atoms with Crippen molar-refractivity contribution in [2.45, 2.75) is 19.8 Å². The van der Waals surface area contributed by atoms with E-state index in [4.69, 9.17) is 5.11 Å². The summed E-state index contributed by atoms with van der Waals surface area (Å²) in [7, 11) is 0. The Kier molecular flexibility index (Phi) is 6.67. The van der Waals surface area contributed by atoms with E-state index in [1.54, 1.807) is 6.08 Å². The fraction of sp³-hybridized carbons (Fsp3) is 0.400. The molecule has 0 radical (unpaired) electrons. The van der Waals surface area contributed by atoms with Crippen LogP contribution < -0.4 is 0 Å². The number of thiol groups is 1. The highest BCUT2D eigenvalue weighted by atomic mass is 32.1. The second-order valence-electron chi connectivity index (χ2n) is 2.52. The fourth-order valence-electron chi connectivity index (χ4n) is 0.810. The van der Waals surface area contributed by atoms with E-state index in [2.05, 4.69) is 19.2 Å². The van der Waals surface area contributed by atoms with Crippen molar-refractivity contribution in [2.75, 3.05) is 5.75 Å². The second-order valence-corrected chi connectivity index (χ2v) is 2.96. The summed E-state index contributed by atoms with van der Waals surface area (Å²) in [5.41, 5.74) is 1.21. The van der Waals surface area contributed by atoms with Crippen LogP contribution in [0.15, 0.2) is 36.1 Å². The van der Waals surface area contributed by atoms with E-state index >= 15 is 0 Å². The molecule has 2 heteroatoms. The summed E-state index contributed by atoms with van der Waals surface area (Å²) in [6.45, 7) is 5.35. The summed E-state index contributed by atoms with van der Waals surface area (Å²) in [5.74, 6) is 0.992. The van der Waals surface area contributed by atoms with Crippen LogP contribution in [0.5, 0.6) is 0 Å². The molecular weight excluding hydrogens is 168 g/mol. The molecular formula is C10H16OS. The molecule has 0 bridgehead atoms. The van der Waals surface area contributed by atoms with Gasteiger partial charge in [0.2, 0.25) is 0 Å². The van der Waals surface area contributed by atoms with Crippen molar-refractivity contribution >= 4 is 12.6 Å². The third-order valence-electron chi connectivity index (χ3n) is 1.48. The quantitative estimate of drug-likeness (QED) is 0.382. The van der Waals surface area contributed by atoms with E-state index in [0.29, 0.717) is 0 Å². The van der Waals surface area contributed by atoms with E-state index < -0.39 is 0 Å². The van der Waals surface area contributed by atoms with E-state index in [9.17, 15) is 0 Å². The van der Waals surface area contributed by atoms with Gasteiger partial charge in [0.05, 0.1) is 0 Å². The molecule has 0 aromatic carbocycles. The van der Waals surface area contributed by atoms with Crippen LogP contribution in [0.4, 0.5) is 0 Å². The van der Waals surface area contributed by atoms with Gasteiger partial charge in [0.1, 0.15) is 5.76 Å². The minimum absolute atomic E-state index is 0.0974. The average molecular weight is 184 g/mol. The number of hydrogen-bond donors (Lipinski definition) is 2. The van der Waals surface area contributed by atoms with Gasteiger partial charge in [0.25, 0.3) is 0 Å². The van der Waals surface area contributed by atoms with Crippen LogP contribution >= 0.6 is 12.6 Å². The standard InChI is InChI=1S/C10H16OS/c1-3-10(5-4-8-12)7-6-9(2)11/h3,6-7,11-12H,2,4-5,8H2,1H3/b7-6-,10-3-. The Balaban J connectivity index is 3.92. The van der Waals surface area contributed by atoms with Crippen molar-refractivity contribution in [3.63, 3.8) is 0 Å². The molecule has 0 atom stereocenters. The predicted octanol–water partition coefficient (Wildman–Crippen LogP) is 3.27. The summed E-state index contributed by atoms with van der Waals surface area (Å²) in [4.78, 5) is 0. The highest BCUT2D eigenvalue weighted by molar-refractivity contribution is 7.80. The summed E-state index contributed by atoms with van der Waals surface area (Å²) in [5, 5.41) is 8.80. The van der Waals surface area contributed by atoms with Gasteiger partial charge in [-0.1, -0.05) is 24.3 Å². The fourth-order valence-corrected chi connectivity index (χ4v) is 0.968. The van der Waals surface area contributed by atoms with Crippen LogP contribution in [0.2, 0.25) is 0 Å². The lowest BCUT2D eigenvalue weighted by Crippen LogP contribution is -1.81. The lowest BCUT2D eigenvalue weighted by molar-refractivity contribution is 0.435. The van der Waals surface area contributed by atoms with Gasteiger partial charge in [-0.3, -0.25) is 0 Å². The number of allylic oxidation sites excluding steroid dienone is 4. The zero-order valence-electron chi connectivity index (χ0n) is 7.45. The Bertz CT molecular complexity index is 192. The molecule has 12 heavy (non-hydrogen) atoms. The first-order valence-electron chi connectivity index (χ1n) is 4.02. The summed E-state index contributed by atoms with van der Waals surface area (Å²) in [6.07, 6.45) is 7.58. The monoisotopic (exact) mass is 184 g/mol. The van der Waals surface area contributed by atoms with E-state index in [-0.39, 0.29) is 5.76 Å². The average Bonchev–Trinajstić information content (AvgIpc) is 2.05. The molecule has 0 aliphatic carbocycles. The van der Waals surface area contributed by atoms with Crippen LogP contribution in [-0.4, -0.2) is 10.9 Å².